The lowest BCUT2D eigenvalue weighted by molar-refractivity contribution is -0.150. The normalized spacial score (nSPS) is 11.5. The molecule has 37 heavy (non-hydrogen) atoms. The number of rotatable bonds is 30. The van der Waals surface area contributed by atoms with Crippen LogP contribution in [0.15, 0.2) is 0 Å². The van der Waals surface area contributed by atoms with Gasteiger partial charge in [-0.2, -0.15) is 0 Å². The Morgan fingerprint density at radius 2 is 1.16 bits per heavy atom. The molecule has 0 atom stereocenters. The molecule has 220 valence electrons. The quantitative estimate of drug-likeness (QED) is 0.0579. The van der Waals surface area contributed by atoms with E-state index in [0.29, 0.717) is 12.8 Å². The number of nitrogens with zero attached hydrogens (tertiary/aromatic N) is 1. The monoisotopic (exact) mass is 525 g/mol. The Morgan fingerprint density at radius 1 is 0.676 bits per heavy atom. The Hall–Kier alpha value is -0.940. The number of aldehydes is 1. The van der Waals surface area contributed by atoms with E-state index in [9.17, 15) is 14.7 Å². The standard InChI is InChI=1S/C32H63NO4/c1-3-5-7-9-12-17-23-31(24-18-13-10-8-6-4-2)37-32(36)25-19-16-21-27-33(28-30-35)26-20-14-11-15-22-29-34/h29,31,35H,3-28,30H2,1-2H3. The fraction of sp³-hybridized carbons (Fsp3) is 0.938. The summed E-state index contributed by atoms with van der Waals surface area (Å²) in [4.78, 5) is 25.3. The largest absolute Gasteiger partial charge is 0.462 e. The molecule has 5 heteroatoms. The van der Waals surface area contributed by atoms with Gasteiger partial charge in [0.2, 0.25) is 0 Å². The van der Waals surface area contributed by atoms with Gasteiger partial charge >= 0.3 is 5.97 Å². The van der Waals surface area contributed by atoms with Crippen LogP contribution in [0, 0.1) is 0 Å². The maximum absolute atomic E-state index is 12.6. The van der Waals surface area contributed by atoms with Crippen molar-refractivity contribution in [3.05, 3.63) is 0 Å². The van der Waals surface area contributed by atoms with E-state index in [0.717, 1.165) is 83.7 Å². The Labute approximate surface area is 230 Å². The molecule has 0 unspecified atom stereocenters. The topological polar surface area (TPSA) is 66.8 Å². The molecular weight excluding hydrogens is 462 g/mol. The van der Waals surface area contributed by atoms with Crippen LogP contribution in [0.25, 0.3) is 0 Å². The van der Waals surface area contributed by atoms with Gasteiger partial charge in [-0.3, -0.25) is 4.79 Å². The molecule has 0 aromatic heterocycles. The number of aliphatic hydroxyl groups is 1. The van der Waals surface area contributed by atoms with Crippen LogP contribution >= 0.6 is 0 Å². The number of ether oxygens (including phenoxy) is 1. The lowest BCUT2D eigenvalue weighted by Crippen LogP contribution is -2.29. The minimum absolute atomic E-state index is 0.00972. The van der Waals surface area contributed by atoms with Crippen LogP contribution in [-0.4, -0.2) is 54.6 Å². The summed E-state index contributed by atoms with van der Waals surface area (Å²) >= 11 is 0. The molecule has 0 aliphatic rings. The Balaban J connectivity index is 4.15. The van der Waals surface area contributed by atoms with Gasteiger partial charge in [-0.1, -0.05) is 97.3 Å². The van der Waals surface area contributed by atoms with Crippen molar-refractivity contribution in [2.24, 2.45) is 0 Å². The number of esters is 1. The second kappa shape index (κ2) is 29.6. The van der Waals surface area contributed by atoms with Gasteiger partial charge in [0.05, 0.1) is 6.61 Å². The highest BCUT2D eigenvalue weighted by Crippen LogP contribution is 2.18. The molecule has 0 aromatic rings. The van der Waals surface area contributed by atoms with Gasteiger partial charge in [-0.15, -0.1) is 0 Å². The van der Waals surface area contributed by atoms with E-state index in [1.54, 1.807) is 0 Å². The molecule has 0 rings (SSSR count). The zero-order valence-electron chi connectivity index (χ0n) is 24.9. The molecule has 0 heterocycles. The van der Waals surface area contributed by atoms with Crippen LogP contribution in [0.4, 0.5) is 0 Å². The number of carbonyl (C=O) groups is 2. The van der Waals surface area contributed by atoms with Crippen LogP contribution in [0.3, 0.4) is 0 Å². The molecule has 0 bridgehead atoms. The highest BCUT2D eigenvalue weighted by Gasteiger charge is 2.14. The van der Waals surface area contributed by atoms with E-state index in [1.165, 1.54) is 77.0 Å². The Bertz CT molecular complexity index is 469. The molecule has 0 fully saturated rings. The molecule has 0 spiro atoms. The van der Waals surface area contributed by atoms with Gasteiger partial charge in [-0.05, 0) is 64.5 Å². The molecule has 0 aliphatic carbocycles. The third-order valence-electron chi connectivity index (χ3n) is 7.38. The molecule has 0 amide bonds. The van der Waals surface area contributed by atoms with Crippen LogP contribution in [0.5, 0.6) is 0 Å². The molecular formula is C32H63NO4. The summed E-state index contributed by atoms with van der Waals surface area (Å²) in [6.07, 6.45) is 27.0. The van der Waals surface area contributed by atoms with E-state index in [4.69, 9.17) is 4.74 Å². The second-order valence-electron chi connectivity index (χ2n) is 11.0. The smallest absolute Gasteiger partial charge is 0.306 e. The van der Waals surface area contributed by atoms with Gasteiger partial charge in [0.15, 0.2) is 0 Å². The average Bonchev–Trinajstić information content (AvgIpc) is 2.89. The van der Waals surface area contributed by atoms with E-state index in [1.807, 2.05) is 0 Å². The Morgan fingerprint density at radius 3 is 1.70 bits per heavy atom. The van der Waals surface area contributed by atoms with Gasteiger partial charge in [0.1, 0.15) is 12.4 Å². The van der Waals surface area contributed by atoms with Crippen LogP contribution < -0.4 is 0 Å². The molecule has 0 saturated carbocycles. The summed E-state index contributed by atoms with van der Waals surface area (Å²) in [7, 11) is 0. The predicted molar refractivity (Wildman–Crippen MR) is 157 cm³/mol. The van der Waals surface area contributed by atoms with Crippen molar-refractivity contribution in [1.82, 2.24) is 4.90 Å². The third-order valence-corrected chi connectivity index (χ3v) is 7.38. The molecule has 5 nitrogen and oxygen atoms in total. The van der Waals surface area contributed by atoms with Crippen LogP contribution in [0.1, 0.15) is 162 Å². The van der Waals surface area contributed by atoms with Crippen molar-refractivity contribution in [3.63, 3.8) is 0 Å². The highest BCUT2D eigenvalue weighted by molar-refractivity contribution is 5.69. The lowest BCUT2D eigenvalue weighted by atomic mass is 10.0. The molecule has 1 N–H and O–H groups in total. The average molecular weight is 526 g/mol. The van der Waals surface area contributed by atoms with Crippen LogP contribution in [0.2, 0.25) is 0 Å². The van der Waals surface area contributed by atoms with Gasteiger partial charge in [0, 0.05) is 19.4 Å². The van der Waals surface area contributed by atoms with Crippen molar-refractivity contribution >= 4 is 12.3 Å². The predicted octanol–water partition coefficient (Wildman–Crippen LogP) is 8.40. The first kappa shape index (κ1) is 36.1. The maximum atomic E-state index is 12.6. The summed E-state index contributed by atoms with van der Waals surface area (Å²) in [6.45, 7) is 7.39. The summed E-state index contributed by atoms with van der Waals surface area (Å²) in [6, 6.07) is 0. The fourth-order valence-corrected chi connectivity index (χ4v) is 4.99. The number of unbranched alkanes of at least 4 members (excludes halogenated alkanes) is 16. The zero-order chi connectivity index (χ0) is 27.2. The van der Waals surface area contributed by atoms with E-state index in [-0.39, 0.29) is 18.7 Å². The zero-order valence-corrected chi connectivity index (χ0v) is 24.9. The Kier molecular flexibility index (Phi) is 28.9. The molecule has 0 aromatic carbocycles. The molecule has 0 saturated heterocycles. The third kappa shape index (κ3) is 26.5. The van der Waals surface area contributed by atoms with E-state index >= 15 is 0 Å². The van der Waals surface area contributed by atoms with Crippen LogP contribution in [-0.2, 0) is 14.3 Å². The SMILES string of the molecule is CCCCCCCCC(CCCCCCCC)OC(=O)CCCCCN(CCO)CCCCCCC=O. The lowest BCUT2D eigenvalue weighted by Gasteiger charge is -2.21. The van der Waals surface area contributed by atoms with Gasteiger partial charge in [-0.25, -0.2) is 0 Å². The van der Waals surface area contributed by atoms with Gasteiger partial charge < -0.3 is 19.5 Å². The van der Waals surface area contributed by atoms with Crippen molar-refractivity contribution in [2.45, 2.75) is 168 Å². The first-order valence-corrected chi connectivity index (χ1v) is 16.1. The van der Waals surface area contributed by atoms with Gasteiger partial charge in [0.25, 0.3) is 0 Å². The maximum Gasteiger partial charge on any atom is 0.306 e. The number of aliphatic hydroxyl groups excluding tert-OH is 1. The van der Waals surface area contributed by atoms with E-state index < -0.39 is 0 Å². The molecule has 0 radical (unpaired) electrons. The highest BCUT2D eigenvalue weighted by atomic mass is 16.5. The first-order chi connectivity index (χ1) is 18.2. The number of carbonyl (C=O) groups excluding carboxylic acids is 2. The number of hydrogen-bond acceptors (Lipinski definition) is 5. The van der Waals surface area contributed by atoms with Crippen molar-refractivity contribution in [2.75, 3.05) is 26.2 Å². The fourth-order valence-electron chi connectivity index (χ4n) is 4.99. The second-order valence-corrected chi connectivity index (χ2v) is 11.0. The summed E-state index contributed by atoms with van der Waals surface area (Å²) in [5.41, 5.74) is 0. The van der Waals surface area contributed by atoms with E-state index in [2.05, 4.69) is 18.7 Å². The summed E-state index contributed by atoms with van der Waals surface area (Å²) < 4.78 is 5.96. The summed E-state index contributed by atoms with van der Waals surface area (Å²) in [5.74, 6) is -0.00972. The first-order valence-electron chi connectivity index (χ1n) is 16.1. The number of hydrogen-bond donors (Lipinski definition) is 1. The summed E-state index contributed by atoms with van der Waals surface area (Å²) in [5, 5.41) is 9.36. The van der Waals surface area contributed by atoms with Crippen molar-refractivity contribution < 1.29 is 19.4 Å². The van der Waals surface area contributed by atoms with Crippen molar-refractivity contribution in [3.8, 4) is 0 Å². The molecule has 0 aliphatic heterocycles. The van der Waals surface area contributed by atoms with Crippen molar-refractivity contribution in [1.29, 1.82) is 0 Å². The minimum Gasteiger partial charge on any atom is -0.462 e. The minimum atomic E-state index is -0.00972.